The lowest BCUT2D eigenvalue weighted by Gasteiger charge is -2.19. The van der Waals surface area contributed by atoms with E-state index >= 15 is 0 Å². The Labute approximate surface area is 565 Å². The first kappa shape index (κ1) is 88.7. The van der Waals surface area contributed by atoms with Crippen molar-refractivity contribution in [2.45, 2.75) is 418 Å². The first-order chi connectivity index (χ1) is 44.8. The topological polar surface area (TPSA) is 134 Å². The van der Waals surface area contributed by atoms with E-state index in [-0.39, 0.29) is 38.6 Å². The Kier molecular flexibility index (Phi) is 74.8. The van der Waals surface area contributed by atoms with E-state index in [2.05, 4.69) is 74.6 Å². The van der Waals surface area contributed by atoms with Crippen LogP contribution < -0.4 is 5.73 Å². The summed E-state index contributed by atoms with van der Waals surface area (Å²) < 4.78 is 33.3. The minimum atomic E-state index is -4.39. The van der Waals surface area contributed by atoms with E-state index in [1.165, 1.54) is 321 Å². The summed E-state index contributed by atoms with van der Waals surface area (Å²) in [6.07, 6.45) is 101. The first-order valence-corrected chi connectivity index (χ1v) is 41.3. The Bertz CT molecular complexity index is 1680. The molecule has 91 heavy (non-hydrogen) atoms. The summed E-state index contributed by atoms with van der Waals surface area (Å²) in [5.41, 5.74) is 5.41. The Morgan fingerprint density at radius 1 is 0.341 bits per heavy atom. The van der Waals surface area contributed by atoms with Gasteiger partial charge >= 0.3 is 19.8 Å². The highest BCUT2D eigenvalue weighted by Crippen LogP contribution is 2.43. The van der Waals surface area contributed by atoms with Crippen molar-refractivity contribution >= 4 is 19.8 Å². The van der Waals surface area contributed by atoms with Gasteiger partial charge in [-0.3, -0.25) is 18.6 Å². The van der Waals surface area contributed by atoms with Crippen LogP contribution in [0.3, 0.4) is 0 Å². The summed E-state index contributed by atoms with van der Waals surface area (Å²) in [6, 6.07) is 0. The number of ether oxygens (including phenoxy) is 2. The number of carbonyl (C=O) groups excluding carboxylic acids is 2. The van der Waals surface area contributed by atoms with Crippen LogP contribution in [0.5, 0.6) is 0 Å². The number of allylic oxidation sites excluding steroid dienone is 10. The van der Waals surface area contributed by atoms with Gasteiger partial charge in [-0.15, -0.1) is 0 Å². The molecule has 0 aromatic rings. The van der Waals surface area contributed by atoms with Crippen LogP contribution in [0.25, 0.3) is 0 Å². The van der Waals surface area contributed by atoms with Crippen molar-refractivity contribution in [3.8, 4) is 0 Å². The molecule has 0 rings (SSSR count). The normalized spacial score (nSPS) is 13.1. The van der Waals surface area contributed by atoms with Gasteiger partial charge in [0.25, 0.3) is 0 Å². The van der Waals surface area contributed by atoms with Crippen LogP contribution in [-0.4, -0.2) is 49.3 Å². The van der Waals surface area contributed by atoms with Crippen molar-refractivity contribution in [1.29, 1.82) is 0 Å². The SMILES string of the molecule is CC/C=C\C/C=C\C/C=C\C/C=C\CCCCCCCCCCCCCCCCCCCCC(=O)OC(COC(=O)CCCCCCCCCCCCCCCCCCCCCCCCCCCCC/C=C\CCCCCCCCCC)COP(=O)(O)OCCN. The smallest absolute Gasteiger partial charge is 0.462 e. The van der Waals surface area contributed by atoms with Crippen LogP contribution >= 0.6 is 7.82 Å². The van der Waals surface area contributed by atoms with Crippen molar-refractivity contribution in [3.05, 3.63) is 60.8 Å². The lowest BCUT2D eigenvalue weighted by Crippen LogP contribution is -2.29. The number of phosphoric ester groups is 1. The van der Waals surface area contributed by atoms with Crippen molar-refractivity contribution in [2.75, 3.05) is 26.4 Å². The molecule has 0 saturated heterocycles. The fourth-order valence-electron chi connectivity index (χ4n) is 12.0. The molecule has 10 heteroatoms. The molecule has 0 radical (unpaired) electrons. The average Bonchev–Trinajstić information content (AvgIpc) is 3.71. The van der Waals surface area contributed by atoms with Gasteiger partial charge in [0.05, 0.1) is 13.2 Å². The van der Waals surface area contributed by atoms with Gasteiger partial charge in [0, 0.05) is 19.4 Å². The maximum Gasteiger partial charge on any atom is 0.472 e. The van der Waals surface area contributed by atoms with Crippen LogP contribution in [0.15, 0.2) is 60.8 Å². The Morgan fingerprint density at radius 2 is 0.604 bits per heavy atom. The van der Waals surface area contributed by atoms with Gasteiger partial charge in [0.15, 0.2) is 6.10 Å². The lowest BCUT2D eigenvalue weighted by molar-refractivity contribution is -0.161. The molecule has 0 fully saturated rings. The van der Waals surface area contributed by atoms with Gasteiger partial charge in [-0.25, -0.2) is 4.57 Å². The highest BCUT2D eigenvalue weighted by molar-refractivity contribution is 7.47. The Morgan fingerprint density at radius 3 is 0.912 bits per heavy atom. The number of carbonyl (C=O) groups is 2. The molecule has 3 N–H and O–H groups in total. The number of phosphoric acid groups is 1. The van der Waals surface area contributed by atoms with Gasteiger partial charge in [-0.2, -0.15) is 0 Å². The maximum atomic E-state index is 12.8. The average molecular weight is 1300 g/mol. The number of rotatable bonds is 76. The monoisotopic (exact) mass is 1300 g/mol. The van der Waals surface area contributed by atoms with E-state index in [0.717, 1.165) is 57.8 Å². The van der Waals surface area contributed by atoms with Gasteiger partial charge in [-0.05, 0) is 77.0 Å². The molecule has 0 aliphatic rings. The third-order valence-corrected chi connectivity index (χ3v) is 18.9. The molecule has 9 nitrogen and oxygen atoms in total. The largest absolute Gasteiger partial charge is 0.472 e. The Hall–Kier alpha value is -2.29. The van der Waals surface area contributed by atoms with E-state index in [1.807, 2.05) is 0 Å². The summed E-state index contributed by atoms with van der Waals surface area (Å²) in [7, 11) is -4.39. The van der Waals surface area contributed by atoms with E-state index in [9.17, 15) is 19.0 Å². The first-order valence-electron chi connectivity index (χ1n) is 39.8. The summed E-state index contributed by atoms with van der Waals surface area (Å²) >= 11 is 0. The number of hydrogen-bond donors (Lipinski definition) is 2. The van der Waals surface area contributed by atoms with Crippen LogP contribution in [0, 0.1) is 0 Å². The minimum absolute atomic E-state index is 0.0550. The maximum absolute atomic E-state index is 12.8. The molecule has 0 spiro atoms. The molecule has 2 unspecified atom stereocenters. The van der Waals surface area contributed by atoms with Crippen molar-refractivity contribution in [2.24, 2.45) is 5.73 Å². The minimum Gasteiger partial charge on any atom is -0.462 e. The van der Waals surface area contributed by atoms with Crippen LogP contribution in [0.2, 0.25) is 0 Å². The molecule has 0 aromatic heterocycles. The number of nitrogens with two attached hydrogens (primary N) is 1. The van der Waals surface area contributed by atoms with E-state index < -0.39 is 26.5 Å². The van der Waals surface area contributed by atoms with Crippen LogP contribution in [0.1, 0.15) is 412 Å². The third-order valence-electron chi connectivity index (χ3n) is 17.9. The van der Waals surface area contributed by atoms with E-state index in [1.54, 1.807) is 0 Å². The molecule has 0 heterocycles. The fourth-order valence-corrected chi connectivity index (χ4v) is 12.8. The van der Waals surface area contributed by atoms with Crippen molar-refractivity contribution in [1.82, 2.24) is 0 Å². The summed E-state index contributed by atoms with van der Waals surface area (Å²) in [4.78, 5) is 35.4. The highest BCUT2D eigenvalue weighted by Gasteiger charge is 2.26. The summed E-state index contributed by atoms with van der Waals surface area (Å²) in [5.74, 6) is -0.805. The molecule has 2 atom stereocenters. The molecule has 534 valence electrons. The lowest BCUT2D eigenvalue weighted by atomic mass is 10.0. The summed E-state index contributed by atoms with van der Waals surface area (Å²) in [6.45, 7) is 3.70. The number of esters is 2. The van der Waals surface area contributed by atoms with Gasteiger partial charge in [0.2, 0.25) is 0 Å². The molecule has 0 saturated carbocycles. The van der Waals surface area contributed by atoms with Gasteiger partial charge < -0.3 is 20.1 Å². The van der Waals surface area contributed by atoms with Crippen LogP contribution in [0.4, 0.5) is 0 Å². The van der Waals surface area contributed by atoms with E-state index in [0.29, 0.717) is 6.42 Å². The molecule has 0 aliphatic heterocycles. The predicted molar refractivity (Wildman–Crippen MR) is 395 cm³/mol. The second kappa shape index (κ2) is 76.7. The van der Waals surface area contributed by atoms with Crippen molar-refractivity contribution < 1.29 is 37.6 Å². The zero-order valence-electron chi connectivity index (χ0n) is 60.3. The number of hydrogen-bond acceptors (Lipinski definition) is 8. The van der Waals surface area contributed by atoms with Crippen molar-refractivity contribution in [3.63, 3.8) is 0 Å². The third kappa shape index (κ3) is 76.6. The second-order valence-electron chi connectivity index (χ2n) is 26.9. The Balaban J connectivity index is 3.75. The number of unbranched alkanes of at least 4 members (excludes halogenated alkanes) is 53. The predicted octanol–water partition coefficient (Wildman–Crippen LogP) is 26.5. The highest BCUT2D eigenvalue weighted by atomic mass is 31.2. The molecule has 0 amide bonds. The standard InChI is InChI=1S/C81H152NO8P/c1-3-5-7-9-11-13-15-17-19-21-23-25-27-29-31-33-35-36-37-38-39-40-41-42-44-45-47-49-51-53-55-57-59-61-63-65-67-69-71-73-80(83)87-77-79(78-89-91(85,86)88-76-75-82)90-81(84)74-72-70-68-66-64-62-60-58-56-54-52-50-48-46-43-34-32-30-28-26-24-22-20-18-16-14-12-10-8-6-4-2/h6,8,12,14,18,20-21,23-24,26,79H,3-5,7,9-11,13,15-17,19,22,25,27-78,82H2,1-2H3,(H,85,86)/b8-6-,14-12-,20-18-,23-21-,26-24-. The molecule has 0 bridgehead atoms. The van der Waals surface area contributed by atoms with Gasteiger partial charge in [-0.1, -0.05) is 383 Å². The summed E-state index contributed by atoms with van der Waals surface area (Å²) in [5, 5.41) is 0. The second-order valence-corrected chi connectivity index (χ2v) is 28.4. The quantitative estimate of drug-likeness (QED) is 0.0264. The zero-order chi connectivity index (χ0) is 65.8. The fraction of sp³-hybridized carbons (Fsp3) is 0.852. The zero-order valence-corrected chi connectivity index (χ0v) is 61.2. The van der Waals surface area contributed by atoms with Gasteiger partial charge in [0.1, 0.15) is 6.61 Å². The molecular formula is C81H152NO8P. The van der Waals surface area contributed by atoms with E-state index in [4.69, 9.17) is 24.3 Å². The molecule has 0 aliphatic carbocycles. The van der Waals surface area contributed by atoms with Crippen LogP contribution in [-0.2, 0) is 32.7 Å². The molecule has 0 aromatic carbocycles. The molecular weight excluding hydrogens is 1150 g/mol.